The van der Waals surface area contributed by atoms with E-state index in [1.807, 2.05) is 13.1 Å². The van der Waals surface area contributed by atoms with E-state index in [1.165, 1.54) is 12.8 Å². The first-order chi connectivity index (χ1) is 8.34. The standard InChI is InChI=1S/C12H15N5/c1-8-11(14-5-4-13-8)12-9(7-16-17-12)6-15-10-2-3-10/h4-5,7,10,15H,2-3,6H2,1H3,(H,16,17). The number of aromatic nitrogens is 4. The largest absolute Gasteiger partial charge is 0.310 e. The fourth-order valence-electron chi connectivity index (χ4n) is 1.84. The Labute approximate surface area is 99.7 Å². The molecule has 2 N–H and O–H groups in total. The van der Waals surface area contributed by atoms with Crippen LogP contribution in [0.25, 0.3) is 11.4 Å². The molecule has 0 unspecified atom stereocenters. The molecule has 0 spiro atoms. The number of H-pyrrole nitrogens is 1. The van der Waals surface area contributed by atoms with Gasteiger partial charge in [0.25, 0.3) is 0 Å². The Bertz CT molecular complexity index is 515. The van der Waals surface area contributed by atoms with Crippen molar-refractivity contribution in [2.75, 3.05) is 0 Å². The summed E-state index contributed by atoms with van der Waals surface area (Å²) in [7, 11) is 0. The normalized spacial score (nSPS) is 15.1. The average molecular weight is 229 g/mol. The van der Waals surface area contributed by atoms with Crippen LogP contribution in [0.5, 0.6) is 0 Å². The fourth-order valence-corrected chi connectivity index (χ4v) is 1.84. The molecule has 17 heavy (non-hydrogen) atoms. The molecule has 0 amide bonds. The summed E-state index contributed by atoms with van der Waals surface area (Å²) in [4.78, 5) is 8.62. The van der Waals surface area contributed by atoms with Gasteiger partial charge in [-0.05, 0) is 19.8 Å². The van der Waals surface area contributed by atoms with Gasteiger partial charge in [-0.25, -0.2) is 0 Å². The third kappa shape index (κ3) is 2.19. The van der Waals surface area contributed by atoms with Crippen molar-refractivity contribution < 1.29 is 0 Å². The molecule has 0 saturated heterocycles. The number of hydrogen-bond donors (Lipinski definition) is 2. The van der Waals surface area contributed by atoms with Gasteiger partial charge in [-0.15, -0.1) is 0 Å². The lowest BCUT2D eigenvalue weighted by molar-refractivity contribution is 0.688. The Kier molecular flexibility index (Phi) is 2.60. The van der Waals surface area contributed by atoms with Crippen LogP contribution in [0.4, 0.5) is 0 Å². The van der Waals surface area contributed by atoms with Crippen LogP contribution in [0, 0.1) is 6.92 Å². The molecule has 88 valence electrons. The second kappa shape index (κ2) is 4.25. The summed E-state index contributed by atoms with van der Waals surface area (Å²) in [5.74, 6) is 0. The second-order valence-corrected chi connectivity index (χ2v) is 4.42. The van der Waals surface area contributed by atoms with Gasteiger partial charge in [0.2, 0.25) is 0 Å². The molecular weight excluding hydrogens is 214 g/mol. The van der Waals surface area contributed by atoms with Crippen molar-refractivity contribution in [3.63, 3.8) is 0 Å². The van der Waals surface area contributed by atoms with Crippen molar-refractivity contribution in [1.29, 1.82) is 0 Å². The maximum absolute atomic E-state index is 4.36. The molecule has 0 atom stereocenters. The minimum atomic E-state index is 0.695. The predicted molar refractivity (Wildman–Crippen MR) is 64.2 cm³/mol. The molecule has 2 aromatic heterocycles. The summed E-state index contributed by atoms with van der Waals surface area (Å²) in [6, 6.07) is 0.695. The number of rotatable bonds is 4. The molecule has 3 rings (SSSR count). The lowest BCUT2D eigenvalue weighted by atomic mass is 10.1. The van der Waals surface area contributed by atoms with Crippen LogP contribution in [-0.2, 0) is 6.54 Å². The minimum Gasteiger partial charge on any atom is -0.310 e. The molecule has 5 heteroatoms. The first-order valence-corrected chi connectivity index (χ1v) is 5.88. The summed E-state index contributed by atoms with van der Waals surface area (Å²) < 4.78 is 0. The van der Waals surface area contributed by atoms with Crippen molar-refractivity contribution in [2.24, 2.45) is 0 Å². The van der Waals surface area contributed by atoms with Crippen molar-refractivity contribution in [3.05, 3.63) is 29.8 Å². The zero-order chi connectivity index (χ0) is 11.7. The van der Waals surface area contributed by atoms with Crippen molar-refractivity contribution >= 4 is 0 Å². The second-order valence-electron chi connectivity index (χ2n) is 4.42. The first-order valence-electron chi connectivity index (χ1n) is 5.88. The Morgan fingerprint density at radius 1 is 1.35 bits per heavy atom. The summed E-state index contributed by atoms with van der Waals surface area (Å²) in [6.07, 6.45) is 7.85. The van der Waals surface area contributed by atoms with Crippen LogP contribution in [0.2, 0.25) is 0 Å². The molecule has 1 aliphatic rings. The maximum atomic E-state index is 4.36. The zero-order valence-electron chi connectivity index (χ0n) is 9.77. The number of hydrogen-bond acceptors (Lipinski definition) is 4. The van der Waals surface area contributed by atoms with Gasteiger partial charge >= 0.3 is 0 Å². The molecule has 2 heterocycles. The van der Waals surface area contributed by atoms with Gasteiger partial charge in [-0.1, -0.05) is 0 Å². The SMILES string of the molecule is Cc1nccnc1-c1[nH]ncc1CNC1CC1. The van der Waals surface area contributed by atoms with Crippen LogP contribution in [0.3, 0.4) is 0 Å². The number of nitrogens with zero attached hydrogens (tertiary/aromatic N) is 3. The van der Waals surface area contributed by atoms with Gasteiger partial charge in [0, 0.05) is 30.5 Å². The Morgan fingerprint density at radius 2 is 2.18 bits per heavy atom. The van der Waals surface area contributed by atoms with Gasteiger partial charge in [-0.2, -0.15) is 5.10 Å². The van der Waals surface area contributed by atoms with Crippen molar-refractivity contribution in [3.8, 4) is 11.4 Å². The van der Waals surface area contributed by atoms with Gasteiger partial charge < -0.3 is 5.32 Å². The summed E-state index contributed by atoms with van der Waals surface area (Å²) in [5.41, 5.74) is 3.94. The van der Waals surface area contributed by atoms with E-state index in [0.717, 1.165) is 29.2 Å². The Balaban J connectivity index is 1.86. The highest BCUT2D eigenvalue weighted by molar-refractivity contribution is 5.60. The lowest BCUT2D eigenvalue weighted by Crippen LogP contribution is -2.15. The van der Waals surface area contributed by atoms with E-state index in [-0.39, 0.29) is 0 Å². The van der Waals surface area contributed by atoms with Gasteiger partial charge in [0.05, 0.1) is 17.6 Å². The average Bonchev–Trinajstić information content (AvgIpc) is 3.06. The topological polar surface area (TPSA) is 66.5 Å². The highest BCUT2D eigenvalue weighted by Gasteiger charge is 2.21. The molecule has 0 bridgehead atoms. The van der Waals surface area contributed by atoms with Crippen LogP contribution in [-0.4, -0.2) is 26.2 Å². The molecule has 0 aliphatic heterocycles. The molecule has 1 saturated carbocycles. The van der Waals surface area contributed by atoms with Crippen molar-refractivity contribution in [1.82, 2.24) is 25.5 Å². The third-order valence-electron chi connectivity index (χ3n) is 2.99. The lowest BCUT2D eigenvalue weighted by Gasteiger charge is -2.05. The Hall–Kier alpha value is -1.75. The van der Waals surface area contributed by atoms with E-state index in [9.17, 15) is 0 Å². The molecule has 2 aromatic rings. The van der Waals surface area contributed by atoms with Crippen LogP contribution < -0.4 is 5.32 Å². The highest BCUT2D eigenvalue weighted by atomic mass is 15.1. The number of aryl methyl sites for hydroxylation is 1. The van der Waals surface area contributed by atoms with Crippen LogP contribution in [0.15, 0.2) is 18.6 Å². The highest BCUT2D eigenvalue weighted by Crippen LogP contribution is 2.23. The fraction of sp³-hybridized carbons (Fsp3) is 0.417. The zero-order valence-corrected chi connectivity index (χ0v) is 9.77. The van der Waals surface area contributed by atoms with Crippen molar-refractivity contribution in [2.45, 2.75) is 32.4 Å². The van der Waals surface area contributed by atoms with E-state index in [2.05, 4.69) is 25.5 Å². The summed E-state index contributed by atoms with van der Waals surface area (Å²) in [6.45, 7) is 2.80. The van der Waals surface area contributed by atoms with Gasteiger partial charge in [-0.3, -0.25) is 15.1 Å². The minimum absolute atomic E-state index is 0.695. The first kappa shape index (κ1) is 10.4. The Morgan fingerprint density at radius 3 is 2.94 bits per heavy atom. The third-order valence-corrected chi connectivity index (χ3v) is 2.99. The quantitative estimate of drug-likeness (QED) is 0.832. The number of aromatic amines is 1. The number of nitrogens with one attached hydrogen (secondary N) is 2. The molecule has 0 aromatic carbocycles. The van der Waals surface area contributed by atoms with Gasteiger partial charge in [0.1, 0.15) is 5.69 Å². The summed E-state index contributed by atoms with van der Waals surface area (Å²) >= 11 is 0. The maximum Gasteiger partial charge on any atom is 0.110 e. The molecule has 1 fully saturated rings. The van der Waals surface area contributed by atoms with Gasteiger partial charge in [0.15, 0.2) is 0 Å². The smallest absolute Gasteiger partial charge is 0.110 e. The van der Waals surface area contributed by atoms with E-state index < -0.39 is 0 Å². The van der Waals surface area contributed by atoms with Crippen LogP contribution in [0.1, 0.15) is 24.1 Å². The van der Waals surface area contributed by atoms with E-state index in [4.69, 9.17) is 0 Å². The van der Waals surface area contributed by atoms with E-state index >= 15 is 0 Å². The summed E-state index contributed by atoms with van der Waals surface area (Å²) in [5, 5.41) is 10.6. The predicted octanol–water partition coefficient (Wildman–Crippen LogP) is 1.43. The van der Waals surface area contributed by atoms with Crippen LogP contribution >= 0.6 is 0 Å². The monoisotopic (exact) mass is 229 g/mol. The molecular formula is C12H15N5. The molecule has 1 aliphatic carbocycles. The van der Waals surface area contributed by atoms with E-state index in [1.54, 1.807) is 12.4 Å². The molecule has 5 nitrogen and oxygen atoms in total. The van der Waals surface area contributed by atoms with E-state index in [0.29, 0.717) is 6.04 Å². The molecule has 0 radical (unpaired) electrons.